The number of rotatable bonds is 3. The number of hydrogen-bond acceptors (Lipinski definition) is 2. The maximum absolute atomic E-state index is 12.3. The van der Waals surface area contributed by atoms with Gasteiger partial charge in [0.15, 0.2) is 0 Å². The molecule has 24 heavy (non-hydrogen) atoms. The lowest BCUT2D eigenvalue weighted by Crippen LogP contribution is -2.44. The molecule has 2 rings (SSSR count). The number of benzene rings is 1. The number of carbonyl (C=O) groups excluding carboxylic acids is 2. The number of hydrogen-bond donors (Lipinski definition) is 2. The van der Waals surface area contributed by atoms with Gasteiger partial charge < -0.3 is 15.5 Å². The molecule has 1 aliphatic heterocycles. The number of amides is 3. The smallest absolute Gasteiger partial charge is 0.333 e. The van der Waals surface area contributed by atoms with E-state index in [1.165, 1.54) is 0 Å². The predicted molar refractivity (Wildman–Crippen MR) is 80.9 cm³/mol. The average Bonchev–Trinajstić information content (AvgIpc) is 2.82. The molecule has 1 aromatic rings. The number of alkyl halides is 3. The maximum Gasteiger partial charge on any atom is 0.406 e. The van der Waals surface area contributed by atoms with Gasteiger partial charge in [0.1, 0.15) is 6.54 Å². The summed E-state index contributed by atoms with van der Waals surface area (Å²) in [6.45, 7) is -1.36. The van der Waals surface area contributed by atoms with Crippen molar-refractivity contribution in [3.05, 3.63) is 35.9 Å². The first-order chi connectivity index (χ1) is 11.3. The van der Waals surface area contributed by atoms with Gasteiger partial charge >= 0.3 is 12.2 Å². The zero-order valence-corrected chi connectivity index (χ0v) is 12.7. The highest BCUT2D eigenvalue weighted by atomic mass is 19.4. The van der Waals surface area contributed by atoms with Gasteiger partial charge in [-0.2, -0.15) is 13.2 Å². The minimum atomic E-state index is -4.44. The standard InChI is InChI=1S/C16H16F3N3O2/c17-16(18,19)11-22-10-13(9-14(22)23)21-15(24)20-8-4-7-12-5-2-1-3-6-12/h1-3,5-6,13H,8-11H2,(H2,20,21,24)/t13-/m0/s1. The van der Waals surface area contributed by atoms with Gasteiger partial charge in [0.25, 0.3) is 0 Å². The van der Waals surface area contributed by atoms with Crippen molar-refractivity contribution < 1.29 is 22.8 Å². The summed E-state index contributed by atoms with van der Waals surface area (Å²) in [6, 6.07) is 7.99. The summed E-state index contributed by atoms with van der Waals surface area (Å²) >= 11 is 0. The fourth-order valence-electron chi connectivity index (χ4n) is 2.27. The Balaban J connectivity index is 1.73. The number of halogens is 3. The molecular formula is C16H16F3N3O2. The number of nitrogens with zero attached hydrogens (tertiary/aromatic N) is 1. The van der Waals surface area contributed by atoms with Gasteiger partial charge in [-0.15, -0.1) is 0 Å². The molecule has 0 bridgehead atoms. The van der Waals surface area contributed by atoms with Crippen molar-refractivity contribution in [2.24, 2.45) is 0 Å². The molecule has 8 heteroatoms. The first-order valence-corrected chi connectivity index (χ1v) is 7.26. The molecule has 1 atom stereocenters. The van der Waals surface area contributed by atoms with Crippen molar-refractivity contribution in [1.82, 2.24) is 15.5 Å². The van der Waals surface area contributed by atoms with Crippen LogP contribution in [0.3, 0.4) is 0 Å². The van der Waals surface area contributed by atoms with Crippen LogP contribution in [0.4, 0.5) is 18.0 Å². The number of likely N-dealkylation sites (tertiary alicyclic amines) is 1. The summed E-state index contributed by atoms with van der Waals surface area (Å²) in [5.74, 6) is 4.99. The van der Waals surface area contributed by atoms with Crippen LogP contribution in [0.5, 0.6) is 0 Å². The molecule has 1 aliphatic rings. The average molecular weight is 339 g/mol. The quantitative estimate of drug-likeness (QED) is 0.820. The van der Waals surface area contributed by atoms with E-state index in [1.807, 2.05) is 30.3 Å². The van der Waals surface area contributed by atoms with Crippen LogP contribution in [0.2, 0.25) is 0 Å². The van der Waals surface area contributed by atoms with E-state index in [4.69, 9.17) is 0 Å². The second-order valence-electron chi connectivity index (χ2n) is 5.29. The van der Waals surface area contributed by atoms with Gasteiger partial charge in [-0.25, -0.2) is 4.79 Å². The summed E-state index contributed by atoms with van der Waals surface area (Å²) in [5, 5.41) is 4.96. The molecule has 2 N–H and O–H groups in total. The van der Waals surface area contributed by atoms with Gasteiger partial charge in [0, 0.05) is 18.5 Å². The third kappa shape index (κ3) is 5.83. The molecule has 0 aliphatic carbocycles. The zero-order chi connectivity index (χ0) is 17.6. The van der Waals surface area contributed by atoms with Crippen LogP contribution >= 0.6 is 0 Å². The first-order valence-electron chi connectivity index (χ1n) is 7.26. The van der Waals surface area contributed by atoms with E-state index in [0.717, 1.165) is 5.56 Å². The van der Waals surface area contributed by atoms with Crippen LogP contribution in [-0.4, -0.2) is 48.7 Å². The lowest BCUT2D eigenvalue weighted by Gasteiger charge is -2.18. The molecule has 1 saturated heterocycles. The number of urea groups is 1. The molecule has 1 aromatic carbocycles. The summed E-state index contributed by atoms with van der Waals surface area (Å²) in [5.41, 5.74) is 0.809. The fourth-order valence-corrected chi connectivity index (χ4v) is 2.27. The maximum atomic E-state index is 12.3. The van der Waals surface area contributed by atoms with E-state index in [9.17, 15) is 22.8 Å². The second-order valence-corrected chi connectivity index (χ2v) is 5.29. The molecule has 0 spiro atoms. The molecule has 0 aromatic heterocycles. The highest BCUT2D eigenvalue weighted by molar-refractivity contribution is 5.81. The van der Waals surface area contributed by atoms with Crippen molar-refractivity contribution >= 4 is 11.9 Å². The summed E-state index contributed by atoms with van der Waals surface area (Å²) < 4.78 is 36.9. The second kappa shape index (κ2) is 7.73. The number of nitrogens with one attached hydrogen (secondary N) is 2. The molecule has 0 radical (unpaired) electrons. The summed E-state index contributed by atoms with van der Waals surface area (Å²) in [4.78, 5) is 23.9. The topological polar surface area (TPSA) is 61.4 Å². The number of carbonyl (C=O) groups is 2. The van der Waals surface area contributed by atoms with Gasteiger partial charge in [0.2, 0.25) is 5.91 Å². The van der Waals surface area contributed by atoms with Crippen LogP contribution in [0.1, 0.15) is 12.0 Å². The Hall–Kier alpha value is -2.69. The highest BCUT2D eigenvalue weighted by Gasteiger charge is 2.38. The minimum Gasteiger partial charge on any atom is -0.333 e. The van der Waals surface area contributed by atoms with E-state index in [-0.39, 0.29) is 19.5 Å². The Labute approximate surface area is 137 Å². The van der Waals surface area contributed by atoms with Gasteiger partial charge in [-0.3, -0.25) is 4.79 Å². The lowest BCUT2D eigenvalue weighted by molar-refractivity contribution is -0.157. The summed E-state index contributed by atoms with van der Waals surface area (Å²) in [7, 11) is 0. The van der Waals surface area contributed by atoms with Crippen molar-refractivity contribution in [2.75, 3.05) is 19.6 Å². The molecule has 1 fully saturated rings. The van der Waals surface area contributed by atoms with Gasteiger partial charge in [-0.05, 0) is 12.1 Å². The van der Waals surface area contributed by atoms with E-state index in [1.54, 1.807) is 0 Å². The normalized spacial score (nSPS) is 17.2. The highest BCUT2D eigenvalue weighted by Crippen LogP contribution is 2.20. The van der Waals surface area contributed by atoms with E-state index in [2.05, 4.69) is 22.5 Å². The third-order valence-electron chi connectivity index (χ3n) is 3.26. The van der Waals surface area contributed by atoms with E-state index >= 15 is 0 Å². The Morgan fingerprint density at radius 2 is 2.00 bits per heavy atom. The van der Waals surface area contributed by atoms with E-state index in [0.29, 0.717) is 4.90 Å². The van der Waals surface area contributed by atoms with Crippen LogP contribution in [0.15, 0.2) is 30.3 Å². The Kier molecular flexibility index (Phi) is 5.68. The molecule has 128 valence electrons. The third-order valence-corrected chi connectivity index (χ3v) is 3.26. The summed E-state index contributed by atoms with van der Waals surface area (Å²) in [6.07, 6.45) is -4.58. The Morgan fingerprint density at radius 3 is 2.67 bits per heavy atom. The van der Waals surface area contributed by atoms with Crippen LogP contribution < -0.4 is 10.6 Å². The molecular weight excluding hydrogens is 323 g/mol. The van der Waals surface area contributed by atoms with Gasteiger partial charge in [-0.1, -0.05) is 30.0 Å². The van der Waals surface area contributed by atoms with Crippen molar-refractivity contribution in [3.63, 3.8) is 0 Å². The van der Waals surface area contributed by atoms with Crippen molar-refractivity contribution in [3.8, 4) is 11.8 Å². The van der Waals surface area contributed by atoms with Crippen molar-refractivity contribution in [2.45, 2.75) is 18.6 Å². The lowest BCUT2D eigenvalue weighted by atomic mass is 10.2. The SMILES string of the molecule is O=C(NCC#Cc1ccccc1)N[C@H]1CC(=O)N(CC(F)(F)F)C1. The van der Waals surface area contributed by atoms with E-state index < -0.39 is 30.7 Å². The monoisotopic (exact) mass is 339 g/mol. The minimum absolute atomic E-state index is 0.0909. The Morgan fingerprint density at radius 1 is 1.29 bits per heavy atom. The predicted octanol–water partition coefficient (Wildman–Crippen LogP) is 1.50. The van der Waals surface area contributed by atoms with Crippen LogP contribution in [-0.2, 0) is 4.79 Å². The van der Waals surface area contributed by atoms with Crippen molar-refractivity contribution in [1.29, 1.82) is 0 Å². The van der Waals surface area contributed by atoms with Crippen LogP contribution in [0, 0.1) is 11.8 Å². The fraction of sp³-hybridized carbons (Fsp3) is 0.375. The Bertz CT molecular complexity index is 650. The molecule has 0 unspecified atom stereocenters. The molecule has 1 heterocycles. The first kappa shape index (κ1) is 17.7. The molecule has 0 saturated carbocycles. The zero-order valence-electron chi connectivity index (χ0n) is 12.7. The van der Waals surface area contributed by atoms with Crippen LogP contribution in [0.25, 0.3) is 0 Å². The largest absolute Gasteiger partial charge is 0.406 e. The molecule has 3 amide bonds. The van der Waals surface area contributed by atoms with Gasteiger partial charge in [0.05, 0.1) is 12.6 Å². The molecule has 5 nitrogen and oxygen atoms in total.